The van der Waals surface area contributed by atoms with Crippen molar-refractivity contribution < 1.29 is 9.59 Å². The van der Waals surface area contributed by atoms with Crippen LogP contribution >= 0.6 is 27.3 Å². The van der Waals surface area contributed by atoms with Crippen LogP contribution in [0.4, 0.5) is 5.13 Å². The molecular weight excluding hydrogens is 452 g/mol. The Kier molecular flexibility index (Phi) is 7.77. The maximum Gasteiger partial charge on any atom is 0.249 e. The van der Waals surface area contributed by atoms with Crippen molar-refractivity contribution in [2.24, 2.45) is 11.8 Å². The molecule has 2 atom stereocenters. The number of aromatic nitrogens is 2. The second-order valence-corrected chi connectivity index (χ2v) is 9.51. The molecule has 29 heavy (non-hydrogen) atoms. The number of rotatable bonds is 7. The van der Waals surface area contributed by atoms with Crippen LogP contribution in [-0.4, -0.2) is 28.1 Å². The first-order valence-electron chi connectivity index (χ1n) is 10.2. The summed E-state index contributed by atoms with van der Waals surface area (Å²) in [6.45, 7) is 4.01. The smallest absolute Gasteiger partial charge is 0.249 e. The molecular formula is C21H27BrN4O2S. The first-order chi connectivity index (χ1) is 14.0. The Morgan fingerprint density at radius 1 is 1.17 bits per heavy atom. The van der Waals surface area contributed by atoms with Crippen molar-refractivity contribution in [3.8, 4) is 10.6 Å². The topological polar surface area (TPSA) is 84.0 Å². The van der Waals surface area contributed by atoms with Gasteiger partial charge in [0.1, 0.15) is 11.0 Å². The highest BCUT2D eigenvalue weighted by Gasteiger charge is 2.30. The van der Waals surface area contributed by atoms with Gasteiger partial charge in [-0.25, -0.2) is 0 Å². The molecule has 3 rings (SSSR count). The van der Waals surface area contributed by atoms with E-state index in [1.165, 1.54) is 17.8 Å². The van der Waals surface area contributed by atoms with Crippen LogP contribution in [0.3, 0.4) is 0 Å². The summed E-state index contributed by atoms with van der Waals surface area (Å²) in [5.74, 6) is -0.185. The number of benzene rings is 1. The van der Waals surface area contributed by atoms with Gasteiger partial charge in [-0.05, 0) is 30.9 Å². The van der Waals surface area contributed by atoms with Crippen LogP contribution in [0.2, 0.25) is 0 Å². The predicted octanol–water partition coefficient (Wildman–Crippen LogP) is 5.02. The van der Waals surface area contributed by atoms with Gasteiger partial charge < -0.3 is 5.32 Å². The molecule has 0 saturated heterocycles. The Balaban J connectivity index is 1.66. The molecule has 1 aromatic carbocycles. The Morgan fingerprint density at radius 2 is 1.86 bits per heavy atom. The van der Waals surface area contributed by atoms with Crippen LogP contribution in [0.5, 0.6) is 0 Å². The van der Waals surface area contributed by atoms with Crippen LogP contribution < -0.4 is 10.6 Å². The van der Waals surface area contributed by atoms with Gasteiger partial charge in [0, 0.05) is 16.0 Å². The lowest BCUT2D eigenvalue weighted by molar-refractivity contribution is -0.130. The van der Waals surface area contributed by atoms with Crippen LogP contribution in [-0.2, 0) is 9.59 Å². The van der Waals surface area contributed by atoms with Gasteiger partial charge in [0.15, 0.2) is 0 Å². The first kappa shape index (κ1) is 21.9. The number of anilines is 1. The Hall–Kier alpha value is -1.80. The summed E-state index contributed by atoms with van der Waals surface area (Å²) in [6, 6.07) is 7.20. The average Bonchev–Trinajstić information content (AvgIpc) is 3.20. The SMILES string of the molecule is CCC(C)C(NC(=O)C1CCCCC1)C(=O)Nc1nnc(-c2ccc(Br)cc2)s1. The van der Waals surface area contributed by atoms with E-state index in [0.29, 0.717) is 5.13 Å². The fourth-order valence-electron chi connectivity index (χ4n) is 3.50. The van der Waals surface area contributed by atoms with E-state index in [0.717, 1.165) is 47.1 Å². The number of hydrogen-bond donors (Lipinski definition) is 2. The fourth-order valence-corrected chi connectivity index (χ4v) is 4.52. The lowest BCUT2D eigenvalue weighted by Gasteiger charge is -2.27. The van der Waals surface area contributed by atoms with Crippen molar-refractivity contribution in [1.29, 1.82) is 0 Å². The zero-order valence-corrected chi connectivity index (χ0v) is 19.2. The zero-order valence-electron chi connectivity index (χ0n) is 16.8. The lowest BCUT2D eigenvalue weighted by Crippen LogP contribution is -2.49. The Bertz CT molecular complexity index is 833. The van der Waals surface area contributed by atoms with Gasteiger partial charge in [-0.2, -0.15) is 0 Å². The van der Waals surface area contributed by atoms with Gasteiger partial charge in [-0.15, -0.1) is 10.2 Å². The van der Waals surface area contributed by atoms with Crippen LogP contribution in [0, 0.1) is 11.8 Å². The summed E-state index contributed by atoms with van der Waals surface area (Å²) in [5.41, 5.74) is 0.940. The molecule has 1 aliphatic carbocycles. The van der Waals surface area contributed by atoms with Crippen LogP contribution in [0.15, 0.2) is 28.7 Å². The van der Waals surface area contributed by atoms with E-state index in [2.05, 4.69) is 36.8 Å². The van der Waals surface area contributed by atoms with E-state index in [1.54, 1.807) is 0 Å². The Labute approximate surface area is 184 Å². The molecule has 1 fully saturated rings. The maximum absolute atomic E-state index is 12.9. The summed E-state index contributed by atoms with van der Waals surface area (Å²) in [5, 5.41) is 15.3. The van der Waals surface area contributed by atoms with Gasteiger partial charge in [-0.1, -0.05) is 78.9 Å². The molecule has 8 heteroatoms. The van der Waals surface area contributed by atoms with E-state index in [1.807, 2.05) is 38.1 Å². The van der Waals surface area contributed by atoms with Gasteiger partial charge in [0.05, 0.1) is 0 Å². The fraction of sp³-hybridized carbons (Fsp3) is 0.524. The summed E-state index contributed by atoms with van der Waals surface area (Å²) < 4.78 is 0.990. The molecule has 1 heterocycles. The van der Waals surface area contributed by atoms with Crippen molar-refractivity contribution in [1.82, 2.24) is 15.5 Å². The number of carbonyl (C=O) groups excluding carboxylic acids is 2. The van der Waals surface area contributed by atoms with Crippen molar-refractivity contribution >= 4 is 44.2 Å². The third-order valence-corrected chi connectivity index (χ3v) is 6.93. The number of nitrogens with zero attached hydrogens (tertiary/aromatic N) is 2. The van der Waals surface area contributed by atoms with Crippen molar-refractivity contribution in [2.45, 2.75) is 58.4 Å². The molecule has 2 unspecified atom stereocenters. The molecule has 1 saturated carbocycles. The zero-order chi connectivity index (χ0) is 20.8. The van der Waals surface area contributed by atoms with E-state index in [9.17, 15) is 9.59 Å². The van der Waals surface area contributed by atoms with Gasteiger partial charge >= 0.3 is 0 Å². The molecule has 2 aromatic rings. The van der Waals surface area contributed by atoms with Crippen molar-refractivity contribution in [2.75, 3.05) is 5.32 Å². The van der Waals surface area contributed by atoms with Crippen molar-refractivity contribution in [3.63, 3.8) is 0 Å². The normalized spacial score (nSPS) is 16.8. The Morgan fingerprint density at radius 3 is 2.52 bits per heavy atom. The molecule has 156 valence electrons. The second kappa shape index (κ2) is 10.3. The van der Waals surface area contributed by atoms with Gasteiger partial charge in [0.25, 0.3) is 0 Å². The molecule has 1 aliphatic rings. The third-order valence-electron chi connectivity index (χ3n) is 5.52. The minimum absolute atomic E-state index is 0.00188. The monoisotopic (exact) mass is 478 g/mol. The summed E-state index contributed by atoms with van der Waals surface area (Å²) in [7, 11) is 0. The summed E-state index contributed by atoms with van der Waals surface area (Å²) >= 11 is 4.74. The first-order valence-corrected chi connectivity index (χ1v) is 11.8. The summed E-state index contributed by atoms with van der Waals surface area (Å²) in [6.07, 6.45) is 5.98. The molecule has 6 nitrogen and oxygen atoms in total. The molecule has 2 N–H and O–H groups in total. The standard InChI is InChI=1S/C21H27BrN4O2S/c1-3-13(2)17(23-18(27)14-7-5-4-6-8-14)19(28)24-21-26-25-20(29-21)15-9-11-16(22)12-10-15/h9-14,17H,3-8H2,1-2H3,(H,23,27)(H,24,26,28). The van der Waals surface area contributed by atoms with Crippen molar-refractivity contribution in [3.05, 3.63) is 28.7 Å². The van der Waals surface area contributed by atoms with Crippen LogP contribution in [0.25, 0.3) is 10.6 Å². The minimum Gasteiger partial charge on any atom is -0.344 e. The maximum atomic E-state index is 12.9. The van der Waals surface area contributed by atoms with Gasteiger partial charge in [-0.3, -0.25) is 14.9 Å². The molecule has 0 radical (unpaired) electrons. The summed E-state index contributed by atoms with van der Waals surface area (Å²) in [4.78, 5) is 25.6. The largest absolute Gasteiger partial charge is 0.344 e. The highest BCUT2D eigenvalue weighted by molar-refractivity contribution is 9.10. The predicted molar refractivity (Wildman–Crippen MR) is 120 cm³/mol. The number of nitrogens with one attached hydrogen (secondary N) is 2. The number of carbonyl (C=O) groups is 2. The quantitative estimate of drug-likeness (QED) is 0.584. The second-order valence-electron chi connectivity index (χ2n) is 7.62. The molecule has 1 aromatic heterocycles. The van der Waals surface area contributed by atoms with E-state index in [4.69, 9.17) is 0 Å². The molecule has 0 spiro atoms. The third kappa shape index (κ3) is 5.85. The van der Waals surface area contributed by atoms with E-state index in [-0.39, 0.29) is 23.7 Å². The highest BCUT2D eigenvalue weighted by atomic mass is 79.9. The average molecular weight is 479 g/mol. The molecule has 2 amide bonds. The van der Waals surface area contributed by atoms with Crippen LogP contribution in [0.1, 0.15) is 52.4 Å². The highest BCUT2D eigenvalue weighted by Crippen LogP contribution is 2.28. The lowest BCUT2D eigenvalue weighted by atomic mass is 9.88. The molecule has 0 bridgehead atoms. The number of hydrogen-bond acceptors (Lipinski definition) is 5. The van der Waals surface area contributed by atoms with E-state index < -0.39 is 6.04 Å². The van der Waals surface area contributed by atoms with E-state index >= 15 is 0 Å². The number of amides is 2. The minimum atomic E-state index is -0.575. The van der Waals surface area contributed by atoms with Gasteiger partial charge in [0.2, 0.25) is 16.9 Å². The molecule has 0 aliphatic heterocycles. The number of halogens is 1.